The number of amides is 2. The third-order valence-corrected chi connectivity index (χ3v) is 6.19. The number of imide groups is 1. The smallest absolute Gasteiger partial charge is 0.234 e. The number of fused-ring (bicyclic) bond motifs is 5. The minimum Gasteiger partial charge on any atom is -0.277 e. The second kappa shape index (κ2) is 4.79. The average Bonchev–Trinajstić information content (AvgIpc) is 3.21. The molecule has 1 aromatic rings. The van der Waals surface area contributed by atoms with Crippen molar-refractivity contribution >= 4 is 11.8 Å². The van der Waals surface area contributed by atoms with Gasteiger partial charge in [-0.1, -0.05) is 11.1 Å². The second-order valence-electron chi connectivity index (χ2n) is 7.44. The molecule has 1 saturated heterocycles. The number of aromatic nitrogens is 2. The van der Waals surface area contributed by atoms with Crippen LogP contribution in [0.3, 0.4) is 0 Å². The van der Waals surface area contributed by atoms with Crippen LogP contribution in [-0.2, 0) is 23.2 Å². The largest absolute Gasteiger partial charge is 0.277 e. The number of aryl methyl sites for hydroxylation is 1. The Morgan fingerprint density at radius 1 is 1.17 bits per heavy atom. The number of hydrogen-bond acceptors (Lipinski definition) is 3. The van der Waals surface area contributed by atoms with Gasteiger partial charge in [0.2, 0.25) is 11.8 Å². The lowest BCUT2D eigenvalue weighted by molar-refractivity contribution is -0.141. The van der Waals surface area contributed by atoms with Gasteiger partial charge < -0.3 is 0 Å². The Hall–Kier alpha value is -1.91. The molecule has 5 heteroatoms. The zero-order chi connectivity index (χ0) is 16.5. The van der Waals surface area contributed by atoms with Crippen molar-refractivity contribution in [1.82, 2.24) is 14.7 Å². The summed E-state index contributed by atoms with van der Waals surface area (Å²) in [6.45, 7) is 6.58. The van der Waals surface area contributed by atoms with Crippen molar-refractivity contribution in [2.75, 3.05) is 0 Å². The third-order valence-electron chi connectivity index (χ3n) is 6.19. The number of allylic oxidation sites excluding steroid dienone is 2. The van der Waals surface area contributed by atoms with E-state index in [-0.39, 0.29) is 23.7 Å². The highest BCUT2D eigenvalue weighted by Crippen LogP contribution is 2.60. The zero-order valence-corrected chi connectivity index (χ0v) is 14.2. The van der Waals surface area contributed by atoms with Crippen LogP contribution >= 0.6 is 0 Å². The van der Waals surface area contributed by atoms with E-state index in [0.717, 1.165) is 24.1 Å². The lowest BCUT2D eigenvalue weighted by Gasteiger charge is -2.19. The van der Waals surface area contributed by atoms with E-state index in [1.807, 2.05) is 14.0 Å². The molecular weight excluding hydrogens is 290 g/mol. The van der Waals surface area contributed by atoms with Crippen molar-refractivity contribution in [3.05, 3.63) is 28.6 Å². The van der Waals surface area contributed by atoms with Crippen molar-refractivity contribution < 1.29 is 9.59 Å². The molecule has 0 aromatic carbocycles. The molecule has 2 amide bonds. The molecule has 2 saturated carbocycles. The number of carbonyl (C=O) groups is 2. The van der Waals surface area contributed by atoms with Gasteiger partial charge in [0, 0.05) is 18.3 Å². The first kappa shape index (κ1) is 14.7. The van der Waals surface area contributed by atoms with Crippen molar-refractivity contribution in [1.29, 1.82) is 0 Å². The molecule has 0 spiro atoms. The van der Waals surface area contributed by atoms with E-state index in [4.69, 9.17) is 0 Å². The van der Waals surface area contributed by atoms with Crippen LogP contribution in [0.5, 0.6) is 0 Å². The molecule has 3 aliphatic rings. The monoisotopic (exact) mass is 313 g/mol. The Bertz CT molecular complexity index is 709. The molecule has 2 heterocycles. The third kappa shape index (κ3) is 1.82. The summed E-state index contributed by atoms with van der Waals surface area (Å²) in [7, 11) is 1.88. The van der Waals surface area contributed by atoms with E-state index in [1.54, 1.807) is 10.9 Å². The van der Waals surface area contributed by atoms with E-state index in [9.17, 15) is 9.59 Å². The SMILES string of the molecule is CC(C)=C1[C@H]2CC[C@@H]1[C@@H]1C(=O)N(Cc3cnn(C)c3C)C(=O)[C@@H]12. The molecule has 0 radical (unpaired) electrons. The van der Waals surface area contributed by atoms with Crippen molar-refractivity contribution in [3.63, 3.8) is 0 Å². The van der Waals surface area contributed by atoms with Crippen LogP contribution in [0.25, 0.3) is 0 Å². The second-order valence-corrected chi connectivity index (χ2v) is 7.44. The first-order valence-corrected chi connectivity index (χ1v) is 8.41. The lowest BCUT2D eigenvalue weighted by atomic mass is 9.81. The van der Waals surface area contributed by atoms with Gasteiger partial charge in [-0.3, -0.25) is 19.2 Å². The van der Waals surface area contributed by atoms with Crippen LogP contribution in [0.1, 0.15) is 37.9 Å². The Balaban J connectivity index is 1.66. The molecule has 2 aliphatic carbocycles. The van der Waals surface area contributed by atoms with E-state index >= 15 is 0 Å². The average molecular weight is 313 g/mol. The molecule has 122 valence electrons. The van der Waals surface area contributed by atoms with Crippen molar-refractivity contribution in [3.8, 4) is 0 Å². The number of rotatable bonds is 2. The summed E-state index contributed by atoms with van der Waals surface area (Å²) in [6, 6.07) is 0. The standard InChI is InChI=1S/C18H23N3O2/c1-9(2)14-12-5-6-13(14)16-15(12)17(22)21(18(16)23)8-11-7-19-20(4)10(11)3/h7,12-13,15-16H,5-6,8H2,1-4H3/t12-,13+,15-,16+. The molecule has 1 aromatic heterocycles. The molecule has 5 nitrogen and oxygen atoms in total. The summed E-state index contributed by atoms with van der Waals surface area (Å²) in [4.78, 5) is 27.4. The molecule has 23 heavy (non-hydrogen) atoms. The van der Waals surface area contributed by atoms with E-state index < -0.39 is 0 Å². The highest BCUT2D eigenvalue weighted by molar-refractivity contribution is 6.06. The van der Waals surface area contributed by atoms with Gasteiger partial charge in [-0.25, -0.2) is 0 Å². The highest BCUT2D eigenvalue weighted by atomic mass is 16.2. The maximum Gasteiger partial charge on any atom is 0.234 e. The predicted molar refractivity (Wildman–Crippen MR) is 85.1 cm³/mol. The van der Waals surface area contributed by atoms with E-state index in [2.05, 4.69) is 18.9 Å². The van der Waals surface area contributed by atoms with Crippen LogP contribution in [0, 0.1) is 30.6 Å². The molecule has 0 N–H and O–H groups in total. The first-order chi connectivity index (χ1) is 10.9. The van der Waals surface area contributed by atoms with Gasteiger partial charge in [-0.15, -0.1) is 0 Å². The maximum absolute atomic E-state index is 12.9. The Morgan fingerprint density at radius 2 is 1.74 bits per heavy atom. The quantitative estimate of drug-likeness (QED) is 0.621. The number of hydrogen-bond donors (Lipinski definition) is 0. The van der Waals surface area contributed by atoms with Crippen LogP contribution in [0.4, 0.5) is 0 Å². The Kier molecular flexibility index (Phi) is 3.06. The normalized spacial score (nSPS) is 32.2. The summed E-state index contributed by atoms with van der Waals surface area (Å²) in [5.41, 5.74) is 4.68. The molecule has 4 rings (SSSR count). The topological polar surface area (TPSA) is 55.2 Å². The fraction of sp³-hybridized carbons (Fsp3) is 0.611. The van der Waals surface area contributed by atoms with Gasteiger partial charge in [0.25, 0.3) is 0 Å². The molecule has 1 aliphatic heterocycles. The lowest BCUT2D eigenvalue weighted by Crippen LogP contribution is -2.32. The Morgan fingerprint density at radius 3 is 2.17 bits per heavy atom. The fourth-order valence-electron chi connectivity index (χ4n) is 5.08. The van der Waals surface area contributed by atoms with Gasteiger partial charge in [0.1, 0.15) is 0 Å². The summed E-state index contributed by atoms with van der Waals surface area (Å²) in [6.07, 6.45) is 3.89. The van der Waals surface area contributed by atoms with E-state index in [1.165, 1.54) is 16.0 Å². The van der Waals surface area contributed by atoms with Gasteiger partial charge in [0.05, 0.1) is 24.6 Å². The number of nitrogens with zero attached hydrogens (tertiary/aromatic N) is 3. The van der Waals surface area contributed by atoms with E-state index in [0.29, 0.717) is 18.4 Å². The predicted octanol–water partition coefficient (Wildman–Crippen LogP) is 2.21. The van der Waals surface area contributed by atoms with Crippen LogP contribution in [-0.4, -0.2) is 26.5 Å². The summed E-state index contributed by atoms with van der Waals surface area (Å²) in [5, 5.41) is 4.22. The Labute approximate surface area is 136 Å². The minimum atomic E-state index is -0.108. The van der Waals surface area contributed by atoms with Crippen LogP contribution in [0.2, 0.25) is 0 Å². The summed E-state index contributed by atoms with van der Waals surface area (Å²) >= 11 is 0. The van der Waals surface area contributed by atoms with Gasteiger partial charge in [0.15, 0.2) is 0 Å². The molecule has 0 unspecified atom stereocenters. The summed E-state index contributed by atoms with van der Waals surface area (Å²) in [5.74, 6) is 0.451. The van der Waals surface area contributed by atoms with Gasteiger partial charge >= 0.3 is 0 Å². The molecule has 2 bridgehead atoms. The molecular formula is C18H23N3O2. The number of likely N-dealkylation sites (tertiary alicyclic amines) is 1. The van der Waals surface area contributed by atoms with Gasteiger partial charge in [-0.2, -0.15) is 5.10 Å². The fourth-order valence-corrected chi connectivity index (χ4v) is 5.08. The van der Waals surface area contributed by atoms with Crippen LogP contribution in [0.15, 0.2) is 17.3 Å². The van der Waals surface area contributed by atoms with Gasteiger partial charge in [-0.05, 0) is 45.4 Å². The molecule has 4 atom stereocenters. The van der Waals surface area contributed by atoms with Crippen LogP contribution < -0.4 is 0 Å². The molecule has 3 fully saturated rings. The van der Waals surface area contributed by atoms with Crippen molar-refractivity contribution in [2.24, 2.45) is 30.7 Å². The first-order valence-electron chi connectivity index (χ1n) is 8.41. The zero-order valence-electron chi connectivity index (χ0n) is 14.2. The number of carbonyl (C=O) groups excluding carboxylic acids is 2. The summed E-state index contributed by atoms with van der Waals surface area (Å²) < 4.78 is 1.78. The highest BCUT2D eigenvalue weighted by Gasteiger charge is 2.63. The van der Waals surface area contributed by atoms with Crippen molar-refractivity contribution in [2.45, 2.75) is 40.2 Å². The minimum absolute atomic E-state index is 0.0363. The maximum atomic E-state index is 12.9.